The maximum Gasteiger partial charge on any atom is 0.282 e. The predicted octanol–water partition coefficient (Wildman–Crippen LogP) is 4.17. The molecule has 3 rings (SSSR count). The molecule has 1 aliphatic carbocycles. The Hall–Kier alpha value is -1.63. The molecule has 2 aromatic carbocycles. The molecule has 21 heavy (non-hydrogen) atoms. The van der Waals surface area contributed by atoms with Crippen molar-refractivity contribution < 1.29 is 4.92 Å². The van der Waals surface area contributed by atoms with Crippen LogP contribution in [0.15, 0.2) is 42.5 Å². The third-order valence-corrected chi connectivity index (χ3v) is 4.73. The minimum Gasteiger partial charge on any atom is -0.382 e. The van der Waals surface area contributed by atoms with Gasteiger partial charge in [0.15, 0.2) is 0 Å². The van der Waals surface area contributed by atoms with Crippen LogP contribution in [-0.2, 0) is 12.8 Å². The number of halogens is 1. The fourth-order valence-electron chi connectivity index (χ4n) is 2.80. The summed E-state index contributed by atoms with van der Waals surface area (Å²) >= 11 is 2.01. The number of benzene rings is 2. The van der Waals surface area contributed by atoms with E-state index in [2.05, 4.69) is 29.6 Å². The average Bonchev–Trinajstić information content (AvgIpc) is 2.47. The fourth-order valence-corrected chi connectivity index (χ4v) is 3.51. The van der Waals surface area contributed by atoms with Gasteiger partial charge in [0.1, 0.15) is 0 Å². The van der Waals surface area contributed by atoms with E-state index in [0.29, 0.717) is 9.61 Å². The zero-order chi connectivity index (χ0) is 14.8. The second kappa shape index (κ2) is 6.01. The van der Waals surface area contributed by atoms with E-state index in [1.54, 1.807) is 12.1 Å². The number of hydrogen-bond donors (Lipinski definition) is 1. The SMILES string of the molecule is O=[N+]([O-])c1ccc(NC2CCc3ccccc3C2)cc1I. The Morgan fingerprint density at radius 3 is 2.67 bits per heavy atom. The summed E-state index contributed by atoms with van der Waals surface area (Å²) < 4.78 is 0.666. The van der Waals surface area contributed by atoms with E-state index in [-0.39, 0.29) is 10.6 Å². The largest absolute Gasteiger partial charge is 0.382 e. The van der Waals surface area contributed by atoms with Gasteiger partial charge in [-0.2, -0.15) is 0 Å². The second-order valence-corrected chi connectivity index (χ2v) is 6.44. The van der Waals surface area contributed by atoms with Gasteiger partial charge in [-0.15, -0.1) is 0 Å². The van der Waals surface area contributed by atoms with Crippen molar-refractivity contribution in [2.24, 2.45) is 0 Å². The molecular weight excluding hydrogens is 379 g/mol. The van der Waals surface area contributed by atoms with Crippen molar-refractivity contribution in [3.05, 3.63) is 67.3 Å². The third kappa shape index (κ3) is 3.18. The highest BCUT2D eigenvalue weighted by molar-refractivity contribution is 14.1. The molecule has 1 N–H and O–H groups in total. The van der Waals surface area contributed by atoms with E-state index in [1.807, 2.05) is 28.7 Å². The molecule has 0 fully saturated rings. The minimum atomic E-state index is -0.345. The number of nitrogens with zero attached hydrogens (tertiary/aromatic N) is 1. The number of nitro benzene ring substituents is 1. The third-order valence-electron chi connectivity index (χ3n) is 3.86. The van der Waals surface area contributed by atoms with E-state index < -0.39 is 0 Å². The quantitative estimate of drug-likeness (QED) is 0.483. The van der Waals surface area contributed by atoms with Gasteiger partial charge < -0.3 is 5.32 Å². The van der Waals surface area contributed by atoms with Gasteiger partial charge in [0.2, 0.25) is 0 Å². The standard InChI is InChI=1S/C16H15IN2O2/c17-15-10-14(7-8-16(15)19(20)21)18-13-6-5-11-3-1-2-4-12(11)9-13/h1-4,7-8,10,13,18H,5-6,9H2. The normalized spacial score (nSPS) is 17.1. The number of nitro groups is 1. The van der Waals surface area contributed by atoms with E-state index in [4.69, 9.17) is 0 Å². The first-order valence-corrected chi connectivity index (χ1v) is 7.98. The first kappa shape index (κ1) is 14.3. The summed E-state index contributed by atoms with van der Waals surface area (Å²) in [6.45, 7) is 0. The van der Waals surface area contributed by atoms with Gasteiger partial charge in [-0.3, -0.25) is 10.1 Å². The van der Waals surface area contributed by atoms with Crippen molar-refractivity contribution in [2.75, 3.05) is 5.32 Å². The summed E-state index contributed by atoms with van der Waals surface area (Å²) in [5, 5.41) is 14.3. The molecule has 5 heteroatoms. The lowest BCUT2D eigenvalue weighted by Crippen LogP contribution is -2.27. The first-order chi connectivity index (χ1) is 10.1. The van der Waals surface area contributed by atoms with Crippen LogP contribution in [0, 0.1) is 13.7 Å². The topological polar surface area (TPSA) is 55.2 Å². The highest BCUT2D eigenvalue weighted by Gasteiger charge is 2.19. The lowest BCUT2D eigenvalue weighted by atomic mass is 9.88. The second-order valence-electron chi connectivity index (χ2n) is 5.28. The molecule has 0 saturated heterocycles. The molecular formula is C16H15IN2O2. The predicted molar refractivity (Wildman–Crippen MR) is 91.7 cm³/mol. The zero-order valence-electron chi connectivity index (χ0n) is 11.4. The summed E-state index contributed by atoms with van der Waals surface area (Å²) in [6.07, 6.45) is 3.17. The van der Waals surface area contributed by atoms with Crippen LogP contribution in [0.4, 0.5) is 11.4 Å². The van der Waals surface area contributed by atoms with Crippen LogP contribution in [0.3, 0.4) is 0 Å². The van der Waals surface area contributed by atoms with E-state index in [0.717, 1.165) is 24.9 Å². The maximum atomic E-state index is 10.8. The lowest BCUT2D eigenvalue weighted by Gasteiger charge is -2.26. The molecule has 0 aliphatic heterocycles. The van der Waals surface area contributed by atoms with E-state index in [9.17, 15) is 10.1 Å². The highest BCUT2D eigenvalue weighted by atomic mass is 127. The number of fused-ring (bicyclic) bond motifs is 1. The fraction of sp³-hybridized carbons (Fsp3) is 0.250. The number of hydrogen-bond acceptors (Lipinski definition) is 3. The molecule has 1 aliphatic rings. The number of nitrogens with one attached hydrogen (secondary N) is 1. The molecule has 4 nitrogen and oxygen atoms in total. The molecule has 1 unspecified atom stereocenters. The summed E-state index contributed by atoms with van der Waals surface area (Å²) in [4.78, 5) is 10.5. The maximum absolute atomic E-state index is 10.8. The smallest absolute Gasteiger partial charge is 0.282 e. The Balaban J connectivity index is 1.73. The summed E-state index contributed by atoms with van der Waals surface area (Å²) in [7, 11) is 0. The van der Waals surface area contributed by atoms with Crippen LogP contribution in [0.5, 0.6) is 0 Å². The van der Waals surface area contributed by atoms with Crippen LogP contribution in [0.2, 0.25) is 0 Å². The highest BCUT2D eigenvalue weighted by Crippen LogP contribution is 2.27. The molecule has 0 saturated carbocycles. The molecule has 108 valence electrons. The molecule has 0 radical (unpaired) electrons. The molecule has 0 spiro atoms. The number of aryl methyl sites for hydroxylation is 1. The molecule has 0 aromatic heterocycles. The van der Waals surface area contributed by atoms with Crippen molar-refractivity contribution in [1.29, 1.82) is 0 Å². The Bertz CT molecular complexity index is 688. The van der Waals surface area contributed by atoms with Gasteiger partial charge in [-0.25, -0.2) is 0 Å². The number of rotatable bonds is 3. The van der Waals surface area contributed by atoms with E-state index in [1.165, 1.54) is 11.1 Å². The molecule has 0 bridgehead atoms. The first-order valence-electron chi connectivity index (χ1n) is 6.91. The Morgan fingerprint density at radius 1 is 1.19 bits per heavy atom. The summed E-state index contributed by atoms with van der Waals surface area (Å²) in [5.74, 6) is 0. The van der Waals surface area contributed by atoms with Gasteiger partial charge in [-0.1, -0.05) is 24.3 Å². The minimum absolute atomic E-state index is 0.162. The van der Waals surface area contributed by atoms with Gasteiger partial charge in [0.05, 0.1) is 8.49 Å². The van der Waals surface area contributed by atoms with Crippen LogP contribution >= 0.6 is 22.6 Å². The van der Waals surface area contributed by atoms with Crippen molar-refractivity contribution in [3.8, 4) is 0 Å². The van der Waals surface area contributed by atoms with Gasteiger partial charge >= 0.3 is 0 Å². The van der Waals surface area contributed by atoms with Crippen molar-refractivity contribution in [3.63, 3.8) is 0 Å². The monoisotopic (exact) mass is 394 g/mol. The Labute approximate surface area is 136 Å². The molecule has 1 atom stereocenters. The Morgan fingerprint density at radius 2 is 1.95 bits per heavy atom. The molecule has 0 amide bonds. The van der Waals surface area contributed by atoms with Crippen LogP contribution in [0.25, 0.3) is 0 Å². The van der Waals surface area contributed by atoms with Crippen LogP contribution in [-0.4, -0.2) is 11.0 Å². The van der Waals surface area contributed by atoms with Crippen LogP contribution < -0.4 is 5.32 Å². The summed E-state index contributed by atoms with van der Waals surface area (Å²) in [6, 6.07) is 14.1. The van der Waals surface area contributed by atoms with Crippen LogP contribution in [0.1, 0.15) is 17.5 Å². The lowest BCUT2D eigenvalue weighted by molar-refractivity contribution is -0.385. The van der Waals surface area contributed by atoms with Gasteiger partial charge in [0.25, 0.3) is 5.69 Å². The van der Waals surface area contributed by atoms with E-state index >= 15 is 0 Å². The van der Waals surface area contributed by atoms with Crippen molar-refractivity contribution in [1.82, 2.24) is 0 Å². The van der Waals surface area contributed by atoms with Gasteiger partial charge in [-0.05, 0) is 65.1 Å². The molecule has 2 aromatic rings. The summed E-state index contributed by atoms with van der Waals surface area (Å²) in [5.41, 5.74) is 3.95. The van der Waals surface area contributed by atoms with Gasteiger partial charge in [0, 0.05) is 17.8 Å². The number of anilines is 1. The average molecular weight is 394 g/mol. The van der Waals surface area contributed by atoms with Crippen molar-refractivity contribution >= 4 is 34.0 Å². The molecule has 0 heterocycles. The van der Waals surface area contributed by atoms with Crippen molar-refractivity contribution in [2.45, 2.75) is 25.3 Å². The zero-order valence-corrected chi connectivity index (χ0v) is 13.5. The Kier molecular flexibility index (Phi) is 4.10.